The topological polar surface area (TPSA) is 67.8 Å². The third-order valence-corrected chi connectivity index (χ3v) is 3.09. The van der Waals surface area contributed by atoms with Crippen molar-refractivity contribution in [1.29, 1.82) is 0 Å². The Morgan fingerprint density at radius 3 is 2.36 bits per heavy atom. The van der Waals surface area contributed by atoms with Gasteiger partial charge in [0.25, 0.3) is 0 Å². The summed E-state index contributed by atoms with van der Waals surface area (Å²) in [7, 11) is 0. The van der Waals surface area contributed by atoms with Gasteiger partial charge in [0.2, 0.25) is 0 Å². The lowest BCUT2D eigenvalue weighted by molar-refractivity contribution is 0.0772. The third kappa shape index (κ3) is 8.64. The van der Waals surface area contributed by atoms with Crippen LogP contribution in [0.4, 0.5) is 4.79 Å². The van der Waals surface area contributed by atoms with E-state index in [9.17, 15) is 4.79 Å². The smallest absolute Gasteiger partial charge is 0.407 e. The van der Waals surface area contributed by atoms with E-state index in [1.165, 1.54) is 5.56 Å². The zero-order chi connectivity index (χ0) is 16.2. The highest BCUT2D eigenvalue weighted by Gasteiger charge is 2.01. The van der Waals surface area contributed by atoms with Crippen LogP contribution in [0.25, 0.3) is 0 Å². The Labute approximate surface area is 132 Å². The normalized spacial score (nSPS) is 10.7. The molecule has 0 radical (unpaired) electrons. The monoisotopic (exact) mass is 309 g/mol. The quantitative estimate of drug-likeness (QED) is 0.651. The molecule has 0 saturated carbocycles. The molecule has 1 aromatic rings. The van der Waals surface area contributed by atoms with Crippen LogP contribution in [0.2, 0.25) is 0 Å². The number of aryl methyl sites for hydroxylation is 1. The zero-order valence-corrected chi connectivity index (χ0v) is 13.5. The molecule has 0 aliphatic carbocycles. The molecule has 0 fully saturated rings. The summed E-state index contributed by atoms with van der Waals surface area (Å²) < 4.78 is 10.5. The van der Waals surface area contributed by atoms with Crippen LogP contribution in [-0.4, -0.2) is 43.7 Å². The largest absolute Gasteiger partial charge is 0.449 e. The Hall–Kier alpha value is -1.59. The number of carbonyl (C=O) groups excluding carboxylic acids is 1. The number of aliphatic hydroxyl groups is 1. The fraction of sp³-hybridized carbons (Fsp3) is 0.588. The van der Waals surface area contributed by atoms with Crippen molar-refractivity contribution in [3.05, 3.63) is 35.4 Å². The summed E-state index contributed by atoms with van der Waals surface area (Å²) >= 11 is 0. The highest BCUT2D eigenvalue weighted by Crippen LogP contribution is 2.08. The molecular weight excluding hydrogens is 282 g/mol. The zero-order valence-electron chi connectivity index (χ0n) is 13.5. The van der Waals surface area contributed by atoms with Crippen molar-refractivity contribution >= 4 is 6.09 Å². The molecule has 0 aromatic heterocycles. The number of aliphatic hydroxyl groups excluding tert-OH is 1. The van der Waals surface area contributed by atoms with Gasteiger partial charge in [-0.3, -0.25) is 0 Å². The average molecular weight is 309 g/mol. The van der Waals surface area contributed by atoms with Gasteiger partial charge in [-0.05, 0) is 37.8 Å². The van der Waals surface area contributed by atoms with Crippen molar-refractivity contribution in [3.8, 4) is 0 Å². The molecule has 0 aliphatic heterocycles. The molecule has 22 heavy (non-hydrogen) atoms. The second-order valence-electron chi connectivity index (χ2n) is 5.38. The van der Waals surface area contributed by atoms with E-state index in [1.54, 1.807) is 0 Å². The van der Waals surface area contributed by atoms with E-state index in [4.69, 9.17) is 14.6 Å². The number of hydrogen-bond acceptors (Lipinski definition) is 4. The Morgan fingerprint density at radius 1 is 1.14 bits per heavy atom. The molecule has 0 atom stereocenters. The van der Waals surface area contributed by atoms with E-state index >= 15 is 0 Å². The van der Waals surface area contributed by atoms with Crippen LogP contribution in [0.3, 0.4) is 0 Å². The van der Waals surface area contributed by atoms with Gasteiger partial charge in [0.05, 0.1) is 19.3 Å². The summed E-state index contributed by atoms with van der Waals surface area (Å²) in [5.41, 5.74) is 2.43. The van der Waals surface area contributed by atoms with Gasteiger partial charge in [0, 0.05) is 19.6 Å². The van der Waals surface area contributed by atoms with E-state index in [0.29, 0.717) is 13.0 Å². The second kappa shape index (κ2) is 11.0. The van der Waals surface area contributed by atoms with Gasteiger partial charge in [-0.1, -0.05) is 24.3 Å². The first-order valence-corrected chi connectivity index (χ1v) is 7.82. The lowest BCUT2D eigenvalue weighted by Crippen LogP contribution is -2.27. The van der Waals surface area contributed by atoms with E-state index < -0.39 is 6.09 Å². The Kier molecular flexibility index (Phi) is 9.26. The first-order chi connectivity index (χ1) is 10.6. The van der Waals surface area contributed by atoms with E-state index in [2.05, 4.69) is 29.6 Å². The number of alkyl carbamates (subject to hydrolysis) is 1. The molecule has 0 bridgehead atoms. The predicted octanol–water partition coefficient (Wildman–Crippen LogP) is 2.31. The van der Waals surface area contributed by atoms with Crippen molar-refractivity contribution in [3.63, 3.8) is 0 Å². The minimum Gasteiger partial charge on any atom is -0.449 e. The van der Waals surface area contributed by atoms with Crippen LogP contribution < -0.4 is 5.32 Å². The summed E-state index contributed by atoms with van der Waals surface area (Å²) in [5.74, 6) is 0. The molecule has 5 heteroatoms. The molecule has 124 valence electrons. The average Bonchev–Trinajstić information content (AvgIpc) is 2.51. The van der Waals surface area contributed by atoms with Gasteiger partial charge < -0.3 is 19.9 Å². The van der Waals surface area contributed by atoms with Crippen molar-refractivity contribution < 1.29 is 19.4 Å². The molecule has 0 spiro atoms. The molecular formula is C17H27NO4. The molecule has 1 amide bonds. The minimum atomic E-state index is -0.490. The molecule has 2 N–H and O–H groups in total. The molecule has 0 saturated heterocycles. The molecule has 0 heterocycles. The van der Waals surface area contributed by atoms with Crippen molar-refractivity contribution in [2.75, 3.05) is 26.4 Å². The first-order valence-electron chi connectivity index (χ1n) is 7.82. The SMILES string of the molecule is CC(C)OCCCc1ccc(CCOC(=O)NCCO)cc1. The maximum absolute atomic E-state index is 11.2. The van der Waals surface area contributed by atoms with Crippen molar-refractivity contribution in [2.45, 2.75) is 39.2 Å². The van der Waals surface area contributed by atoms with E-state index in [1.807, 2.05) is 13.8 Å². The summed E-state index contributed by atoms with van der Waals surface area (Å²) in [6, 6.07) is 8.34. The van der Waals surface area contributed by atoms with E-state index in [-0.39, 0.29) is 19.3 Å². The fourth-order valence-electron chi connectivity index (χ4n) is 1.94. The Morgan fingerprint density at radius 2 is 1.77 bits per heavy atom. The maximum atomic E-state index is 11.2. The first kappa shape index (κ1) is 18.5. The standard InChI is InChI=1S/C17H27NO4/c1-14(2)21-12-3-4-15-5-7-16(8-6-15)9-13-22-17(20)18-10-11-19/h5-8,14,19H,3-4,9-13H2,1-2H3,(H,18,20). The highest BCUT2D eigenvalue weighted by molar-refractivity contribution is 5.67. The summed E-state index contributed by atoms with van der Waals surface area (Å²) in [5, 5.41) is 11.0. The molecule has 0 aliphatic rings. The summed E-state index contributed by atoms with van der Waals surface area (Å²) in [4.78, 5) is 11.2. The van der Waals surface area contributed by atoms with Crippen LogP contribution in [0.1, 0.15) is 31.4 Å². The van der Waals surface area contributed by atoms with Crippen LogP contribution in [-0.2, 0) is 22.3 Å². The van der Waals surface area contributed by atoms with Gasteiger partial charge in [-0.2, -0.15) is 0 Å². The van der Waals surface area contributed by atoms with Gasteiger partial charge in [-0.25, -0.2) is 4.79 Å². The summed E-state index contributed by atoms with van der Waals surface area (Å²) in [6.07, 6.45) is 2.51. The number of nitrogens with one attached hydrogen (secondary N) is 1. The molecule has 5 nitrogen and oxygen atoms in total. The lowest BCUT2D eigenvalue weighted by Gasteiger charge is -2.08. The Balaban J connectivity index is 2.20. The Bertz CT molecular complexity index is 417. The van der Waals surface area contributed by atoms with Crippen LogP contribution in [0.5, 0.6) is 0 Å². The van der Waals surface area contributed by atoms with Gasteiger partial charge in [0.15, 0.2) is 0 Å². The highest BCUT2D eigenvalue weighted by atomic mass is 16.5. The van der Waals surface area contributed by atoms with Crippen molar-refractivity contribution in [1.82, 2.24) is 5.32 Å². The number of carbonyl (C=O) groups is 1. The fourth-order valence-corrected chi connectivity index (χ4v) is 1.94. The number of hydrogen-bond donors (Lipinski definition) is 2. The lowest BCUT2D eigenvalue weighted by atomic mass is 10.1. The maximum Gasteiger partial charge on any atom is 0.407 e. The van der Waals surface area contributed by atoms with E-state index in [0.717, 1.165) is 25.0 Å². The van der Waals surface area contributed by atoms with Crippen molar-refractivity contribution in [2.24, 2.45) is 0 Å². The molecule has 1 rings (SSSR count). The third-order valence-electron chi connectivity index (χ3n) is 3.09. The summed E-state index contributed by atoms with van der Waals surface area (Å²) in [6.45, 7) is 5.34. The van der Waals surface area contributed by atoms with Gasteiger partial charge in [-0.15, -0.1) is 0 Å². The number of amides is 1. The second-order valence-corrected chi connectivity index (χ2v) is 5.38. The van der Waals surface area contributed by atoms with Crippen LogP contribution in [0, 0.1) is 0 Å². The number of ether oxygens (including phenoxy) is 2. The predicted molar refractivity (Wildman–Crippen MR) is 86.0 cm³/mol. The van der Waals surface area contributed by atoms with Crippen LogP contribution >= 0.6 is 0 Å². The van der Waals surface area contributed by atoms with Gasteiger partial charge in [0.1, 0.15) is 0 Å². The van der Waals surface area contributed by atoms with Gasteiger partial charge >= 0.3 is 6.09 Å². The molecule has 1 aromatic carbocycles. The number of benzene rings is 1. The number of rotatable bonds is 10. The minimum absolute atomic E-state index is 0.0846. The molecule has 0 unspecified atom stereocenters. The van der Waals surface area contributed by atoms with Crippen LogP contribution in [0.15, 0.2) is 24.3 Å².